The third-order valence-corrected chi connectivity index (χ3v) is 2.68. The van der Waals surface area contributed by atoms with Gasteiger partial charge in [-0.3, -0.25) is 0 Å². The SMILES string of the molecule is CN[C@@H](C)Cc1ccccc1.O=C(O)[C@H](O)[C@@H](O)C(=O)O. The van der Waals surface area contributed by atoms with Gasteiger partial charge in [-0.2, -0.15) is 0 Å². The van der Waals surface area contributed by atoms with Crippen molar-refractivity contribution in [3.63, 3.8) is 0 Å². The van der Waals surface area contributed by atoms with Gasteiger partial charge in [0.2, 0.25) is 0 Å². The number of hydrogen-bond donors (Lipinski definition) is 5. The Bertz CT molecular complexity index is 418. The van der Waals surface area contributed by atoms with Crippen LogP contribution in [0, 0.1) is 0 Å². The largest absolute Gasteiger partial charge is 0.479 e. The summed E-state index contributed by atoms with van der Waals surface area (Å²) in [4.78, 5) is 19.5. The highest BCUT2D eigenvalue weighted by molar-refractivity contribution is 5.83. The molecule has 0 spiro atoms. The molecule has 21 heavy (non-hydrogen) atoms. The summed E-state index contributed by atoms with van der Waals surface area (Å²) in [6, 6.07) is 11.1. The van der Waals surface area contributed by atoms with Gasteiger partial charge in [-0.05, 0) is 26.0 Å². The number of nitrogens with one attached hydrogen (secondary N) is 1. The molecule has 0 fully saturated rings. The van der Waals surface area contributed by atoms with Crippen molar-refractivity contribution in [3.05, 3.63) is 35.9 Å². The first-order valence-corrected chi connectivity index (χ1v) is 6.32. The van der Waals surface area contributed by atoms with Gasteiger partial charge in [0.25, 0.3) is 0 Å². The number of rotatable bonds is 6. The predicted molar refractivity (Wildman–Crippen MR) is 76.0 cm³/mol. The first kappa shape index (κ1) is 19.0. The summed E-state index contributed by atoms with van der Waals surface area (Å²) in [6.07, 6.45) is -3.42. The second-order valence-electron chi connectivity index (χ2n) is 4.45. The third-order valence-electron chi connectivity index (χ3n) is 2.68. The maximum Gasteiger partial charge on any atom is 0.335 e. The number of carboxylic acid groups (broad SMARTS) is 2. The van der Waals surface area contributed by atoms with Crippen molar-refractivity contribution < 1.29 is 30.0 Å². The third kappa shape index (κ3) is 8.03. The molecule has 0 unspecified atom stereocenters. The summed E-state index contributed by atoms with van der Waals surface area (Å²) < 4.78 is 0. The number of hydrogen-bond acceptors (Lipinski definition) is 5. The lowest BCUT2D eigenvalue weighted by Gasteiger charge is -2.08. The van der Waals surface area contributed by atoms with E-state index in [1.807, 2.05) is 13.1 Å². The van der Waals surface area contributed by atoms with Gasteiger partial charge in [-0.1, -0.05) is 30.3 Å². The van der Waals surface area contributed by atoms with Gasteiger partial charge in [0, 0.05) is 6.04 Å². The smallest absolute Gasteiger partial charge is 0.335 e. The van der Waals surface area contributed by atoms with Crippen LogP contribution in [0.2, 0.25) is 0 Å². The molecule has 1 aromatic rings. The zero-order valence-electron chi connectivity index (χ0n) is 11.9. The molecule has 1 aromatic carbocycles. The van der Waals surface area contributed by atoms with Gasteiger partial charge in [0.05, 0.1) is 0 Å². The fraction of sp³-hybridized carbons (Fsp3) is 0.429. The lowest BCUT2D eigenvalue weighted by Crippen LogP contribution is -2.39. The van der Waals surface area contributed by atoms with Crippen molar-refractivity contribution in [2.24, 2.45) is 0 Å². The molecule has 0 bridgehead atoms. The van der Waals surface area contributed by atoms with E-state index in [-0.39, 0.29) is 0 Å². The normalized spacial score (nSPS) is 14.3. The van der Waals surface area contributed by atoms with Crippen molar-refractivity contribution in [1.29, 1.82) is 0 Å². The molecule has 1 rings (SSSR count). The zero-order valence-corrected chi connectivity index (χ0v) is 11.9. The van der Waals surface area contributed by atoms with E-state index in [9.17, 15) is 9.59 Å². The first-order chi connectivity index (χ1) is 9.79. The van der Waals surface area contributed by atoms with Crippen LogP contribution in [0.1, 0.15) is 12.5 Å². The number of likely N-dealkylation sites (N-methyl/N-ethyl adjacent to an activating group) is 1. The number of aliphatic carboxylic acids is 2. The van der Waals surface area contributed by atoms with Crippen molar-refractivity contribution >= 4 is 11.9 Å². The zero-order chi connectivity index (χ0) is 16.4. The lowest BCUT2D eigenvalue weighted by molar-refractivity contribution is -0.165. The average molecular weight is 299 g/mol. The Kier molecular flexibility index (Phi) is 8.95. The van der Waals surface area contributed by atoms with Gasteiger partial charge in [-0.15, -0.1) is 0 Å². The highest BCUT2D eigenvalue weighted by Gasteiger charge is 2.29. The second kappa shape index (κ2) is 9.87. The lowest BCUT2D eigenvalue weighted by atomic mass is 10.1. The number of carbonyl (C=O) groups is 2. The van der Waals surface area contributed by atoms with E-state index in [0.29, 0.717) is 6.04 Å². The fourth-order valence-electron chi connectivity index (χ4n) is 1.34. The fourth-order valence-corrected chi connectivity index (χ4v) is 1.34. The molecule has 0 aromatic heterocycles. The molecule has 0 amide bonds. The predicted octanol–water partition coefficient (Wildman–Crippen LogP) is -0.286. The average Bonchev–Trinajstić information content (AvgIpc) is 2.47. The van der Waals surface area contributed by atoms with Crippen LogP contribution in [0.5, 0.6) is 0 Å². The van der Waals surface area contributed by atoms with Crippen molar-refractivity contribution in [3.8, 4) is 0 Å². The van der Waals surface area contributed by atoms with Crippen LogP contribution in [0.3, 0.4) is 0 Å². The van der Waals surface area contributed by atoms with Gasteiger partial charge in [0.15, 0.2) is 12.2 Å². The Morgan fingerprint density at radius 2 is 1.48 bits per heavy atom. The number of carboxylic acids is 2. The van der Waals surface area contributed by atoms with E-state index in [4.69, 9.17) is 20.4 Å². The molecular formula is C14H21NO6. The Morgan fingerprint density at radius 1 is 1.05 bits per heavy atom. The Balaban J connectivity index is 0.000000384. The summed E-state index contributed by atoms with van der Waals surface area (Å²) in [5, 5.41) is 35.7. The summed E-state index contributed by atoms with van der Waals surface area (Å²) in [5.74, 6) is -3.54. The molecule has 5 N–H and O–H groups in total. The molecule has 3 atom stereocenters. The maximum atomic E-state index is 9.77. The van der Waals surface area contributed by atoms with Gasteiger partial charge in [-0.25, -0.2) is 9.59 Å². The van der Waals surface area contributed by atoms with Crippen molar-refractivity contribution in [1.82, 2.24) is 5.32 Å². The highest BCUT2D eigenvalue weighted by Crippen LogP contribution is 2.01. The molecule has 0 aliphatic carbocycles. The van der Waals surface area contributed by atoms with Crippen LogP contribution in [0.15, 0.2) is 30.3 Å². The molecule has 7 heteroatoms. The van der Waals surface area contributed by atoms with Crippen molar-refractivity contribution in [2.45, 2.75) is 31.6 Å². The standard InChI is InChI=1S/C10H15N.C4H6O6/c1-9(11-2)8-10-6-4-3-5-7-10;5-1(3(7)8)2(6)4(9)10/h3-7,9,11H,8H2,1-2H3;1-2,5-6H,(H,7,8)(H,9,10)/t9-;1-,2-/m01/s1. The van der Waals surface area contributed by atoms with Crippen molar-refractivity contribution in [2.75, 3.05) is 7.05 Å². The number of benzene rings is 1. The van der Waals surface area contributed by atoms with E-state index in [1.54, 1.807) is 0 Å². The Morgan fingerprint density at radius 3 is 1.81 bits per heavy atom. The molecule has 0 aliphatic rings. The topological polar surface area (TPSA) is 127 Å². The molecule has 7 nitrogen and oxygen atoms in total. The van der Waals surface area contributed by atoms with Gasteiger partial charge in [0.1, 0.15) is 0 Å². The Labute approximate surface area is 122 Å². The summed E-state index contributed by atoms with van der Waals surface area (Å²) in [6.45, 7) is 2.19. The number of aliphatic hydroxyl groups is 2. The summed E-state index contributed by atoms with van der Waals surface area (Å²) in [5.41, 5.74) is 1.40. The molecule has 118 valence electrons. The Hall–Kier alpha value is -1.96. The highest BCUT2D eigenvalue weighted by atomic mass is 16.4. The maximum absolute atomic E-state index is 9.77. The van der Waals surface area contributed by atoms with Gasteiger partial charge >= 0.3 is 11.9 Å². The van der Waals surface area contributed by atoms with E-state index in [0.717, 1.165) is 6.42 Å². The molecule has 0 saturated heterocycles. The quantitative estimate of drug-likeness (QED) is 0.488. The molecule has 0 saturated carbocycles. The summed E-state index contributed by atoms with van der Waals surface area (Å²) >= 11 is 0. The van der Waals surface area contributed by atoms with Crippen LogP contribution in [0.4, 0.5) is 0 Å². The van der Waals surface area contributed by atoms with Crippen LogP contribution in [-0.4, -0.2) is 57.7 Å². The molecule has 0 radical (unpaired) electrons. The van der Waals surface area contributed by atoms with E-state index in [1.165, 1.54) is 5.56 Å². The van der Waals surface area contributed by atoms with E-state index in [2.05, 4.69) is 36.5 Å². The molecule has 0 aliphatic heterocycles. The van der Waals surface area contributed by atoms with E-state index < -0.39 is 24.1 Å². The minimum absolute atomic E-state index is 0.567. The van der Waals surface area contributed by atoms with Gasteiger partial charge < -0.3 is 25.7 Å². The van der Waals surface area contributed by atoms with Crippen LogP contribution in [-0.2, 0) is 16.0 Å². The minimum atomic E-state index is -2.27. The second-order valence-corrected chi connectivity index (χ2v) is 4.45. The molecule has 0 heterocycles. The van der Waals surface area contributed by atoms with E-state index >= 15 is 0 Å². The summed E-state index contributed by atoms with van der Waals surface area (Å²) in [7, 11) is 1.99. The molecular weight excluding hydrogens is 278 g/mol. The van der Waals surface area contributed by atoms with Crippen LogP contribution in [0.25, 0.3) is 0 Å². The monoisotopic (exact) mass is 299 g/mol. The number of aliphatic hydroxyl groups excluding tert-OH is 2. The first-order valence-electron chi connectivity index (χ1n) is 6.32. The van der Waals surface area contributed by atoms with Crippen LogP contribution >= 0.6 is 0 Å². The van der Waals surface area contributed by atoms with Crippen LogP contribution < -0.4 is 5.32 Å². The minimum Gasteiger partial charge on any atom is -0.479 e.